The summed E-state index contributed by atoms with van der Waals surface area (Å²) in [6.45, 7) is 3.04. The third-order valence-electron chi connectivity index (χ3n) is 3.68. The van der Waals surface area contributed by atoms with Gasteiger partial charge in [-0.15, -0.1) is 0 Å². The molecule has 2 rings (SSSR count). The second-order valence-electron chi connectivity index (χ2n) is 5.18. The molecule has 0 fully saturated rings. The molecule has 0 bridgehead atoms. The van der Waals surface area contributed by atoms with Crippen LogP contribution < -0.4 is 4.74 Å². The van der Waals surface area contributed by atoms with Gasteiger partial charge in [0.1, 0.15) is 5.75 Å². The minimum absolute atomic E-state index is 0.261. The standard InChI is InChI=1S/C16H24O2/c1-2-3-4-5-6-11-18-14-8-9-15-13(12-14)7-10-16(15)17/h8-9,12,16-17H,2-7,10-11H2,1H3/t16-/m0/s1. The summed E-state index contributed by atoms with van der Waals surface area (Å²) in [7, 11) is 0. The van der Waals surface area contributed by atoms with Crippen LogP contribution in [-0.2, 0) is 6.42 Å². The summed E-state index contributed by atoms with van der Waals surface area (Å²) >= 11 is 0. The van der Waals surface area contributed by atoms with E-state index in [4.69, 9.17) is 4.74 Å². The van der Waals surface area contributed by atoms with Gasteiger partial charge in [-0.3, -0.25) is 0 Å². The van der Waals surface area contributed by atoms with Gasteiger partial charge in [0.15, 0.2) is 0 Å². The van der Waals surface area contributed by atoms with Gasteiger partial charge in [-0.05, 0) is 42.5 Å². The van der Waals surface area contributed by atoms with Crippen LogP contribution in [0.4, 0.5) is 0 Å². The van der Waals surface area contributed by atoms with Gasteiger partial charge in [0, 0.05) is 0 Å². The second-order valence-corrected chi connectivity index (χ2v) is 5.18. The number of aliphatic hydroxyl groups excluding tert-OH is 1. The lowest BCUT2D eigenvalue weighted by atomic mass is 10.1. The summed E-state index contributed by atoms with van der Waals surface area (Å²) in [4.78, 5) is 0. The highest BCUT2D eigenvalue weighted by Crippen LogP contribution is 2.33. The third-order valence-corrected chi connectivity index (χ3v) is 3.68. The highest BCUT2D eigenvalue weighted by atomic mass is 16.5. The molecule has 1 aromatic rings. The van der Waals surface area contributed by atoms with E-state index in [0.29, 0.717) is 0 Å². The van der Waals surface area contributed by atoms with Crippen molar-refractivity contribution < 1.29 is 9.84 Å². The van der Waals surface area contributed by atoms with Crippen LogP contribution in [0.1, 0.15) is 62.7 Å². The fourth-order valence-electron chi connectivity index (χ4n) is 2.56. The average Bonchev–Trinajstić information content (AvgIpc) is 2.75. The van der Waals surface area contributed by atoms with E-state index in [1.807, 2.05) is 12.1 Å². The maximum Gasteiger partial charge on any atom is 0.119 e. The number of hydrogen-bond acceptors (Lipinski definition) is 2. The highest BCUT2D eigenvalue weighted by molar-refractivity contribution is 5.39. The van der Waals surface area contributed by atoms with Gasteiger partial charge in [0.2, 0.25) is 0 Å². The van der Waals surface area contributed by atoms with Gasteiger partial charge in [0.25, 0.3) is 0 Å². The van der Waals surface area contributed by atoms with Gasteiger partial charge >= 0.3 is 0 Å². The molecule has 0 aromatic heterocycles. The van der Waals surface area contributed by atoms with E-state index in [1.165, 1.54) is 31.2 Å². The Bertz CT molecular complexity index is 373. The van der Waals surface area contributed by atoms with Crippen molar-refractivity contribution in [2.45, 2.75) is 58.0 Å². The van der Waals surface area contributed by atoms with E-state index in [9.17, 15) is 5.11 Å². The molecule has 2 heteroatoms. The monoisotopic (exact) mass is 248 g/mol. The zero-order valence-electron chi connectivity index (χ0n) is 11.3. The Morgan fingerprint density at radius 2 is 2.06 bits per heavy atom. The first-order valence-electron chi connectivity index (χ1n) is 7.25. The Morgan fingerprint density at radius 1 is 1.22 bits per heavy atom. The molecule has 1 aliphatic rings. The Labute approximate surface area is 110 Å². The molecule has 1 aromatic carbocycles. The quantitative estimate of drug-likeness (QED) is 0.739. The number of benzene rings is 1. The average molecular weight is 248 g/mol. The Morgan fingerprint density at radius 3 is 2.89 bits per heavy atom. The largest absolute Gasteiger partial charge is 0.494 e. The van der Waals surface area contributed by atoms with Crippen LogP contribution in [-0.4, -0.2) is 11.7 Å². The highest BCUT2D eigenvalue weighted by Gasteiger charge is 2.20. The second kappa shape index (κ2) is 6.79. The number of rotatable bonds is 7. The van der Waals surface area contributed by atoms with Crippen molar-refractivity contribution in [2.75, 3.05) is 6.61 Å². The summed E-state index contributed by atoms with van der Waals surface area (Å²) in [5.74, 6) is 0.957. The number of ether oxygens (including phenoxy) is 1. The lowest BCUT2D eigenvalue weighted by Crippen LogP contribution is -1.98. The number of hydrogen-bond donors (Lipinski definition) is 1. The summed E-state index contributed by atoms with van der Waals surface area (Å²) in [6, 6.07) is 6.09. The van der Waals surface area contributed by atoms with Crippen LogP contribution in [0, 0.1) is 0 Å². The predicted octanol–water partition coefficient (Wildman–Crippen LogP) is 4.02. The molecule has 0 saturated heterocycles. The molecule has 0 unspecified atom stereocenters. The molecular formula is C16H24O2. The molecule has 0 amide bonds. The molecule has 0 heterocycles. The summed E-state index contributed by atoms with van der Waals surface area (Å²) < 4.78 is 5.77. The van der Waals surface area contributed by atoms with Crippen LogP contribution >= 0.6 is 0 Å². The Kier molecular flexibility index (Phi) is 5.06. The zero-order valence-corrected chi connectivity index (χ0v) is 11.3. The molecule has 1 N–H and O–H groups in total. The molecule has 18 heavy (non-hydrogen) atoms. The number of unbranched alkanes of at least 4 members (excludes halogenated alkanes) is 4. The molecular weight excluding hydrogens is 224 g/mol. The lowest BCUT2D eigenvalue weighted by Gasteiger charge is -2.09. The fraction of sp³-hybridized carbons (Fsp3) is 0.625. The fourth-order valence-corrected chi connectivity index (χ4v) is 2.56. The smallest absolute Gasteiger partial charge is 0.119 e. The van der Waals surface area contributed by atoms with Crippen molar-refractivity contribution in [3.8, 4) is 5.75 Å². The van der Waals surface area contributed by atoms with E-state index in [2.05, 4.69) is 13.0 Å². The Hall–Kier alpha value is -1.02. The van der Waals surface area contributed by atoms with Crippen LogP contribution in [0.3, 0.4) is 0 Å². The van der Waals surface area contributed by atoms with Crippen molar-refractivity contribution in [3.63, 3.8) is 0 Å². The SMILES string of the molecule is CCCCCCCOc1ccc2c(c1)CC[C@@H]2O. The number of aryl methyl sites for hydroxylation is 1. The van der Waals surface area contributed by atoms with Gasteiger partial charge in [-0.25, -0.2) is 0 Å². The first-order valence-corrected chi connectivity index (χ1v) is 7.25. The van der Waals surface area contributed by atoms with Crippen LogP contribution in [0.2, 0.25) is 0 Å². The molecule has 1 aliphatic carbocycles. The van der Waals surface area contributed by atoms with E-state index < -0.39 is 0 Å². The first kappa shape index (κ1) is 13.4. The topological polar surface area (TPSA) is 29.5 Å². The van der Waals surface area contributed by atoms with Crippen molar-refractivity contribution in [1.82, 2.24) is 0 Å². The first-order chi connectivity index (χ1) is 8.81. The molecule has 0 radical (unpaired) electrons. The molecule has 0 spiro atoms. The van der Waals surface area contributed by atoms with Crippen LogP contribution in [0.25, 0.3) is 0 Å². The van der Waals surface area contributed by atoms with Gasteiger partial charge in [0.05, 0.1) is 12.7 Å². The summed E-state index contributed by atoms with van der Waals surface area (Å²) in [6.07, 6.45) is 7.90. The summed E-state index contributed by atoms with van der Waals surface area (Å²) in [5.41, 5.74) is 2.34. The molecule has 100 valence electrons. The van der Waals surface area contributed by atoms with Crippen LogP contribution in [0.5, 0.6) is 5.75 Å². The third kappa shape index (κ3) is 3.49. The molecule has 0 aliphatic heterocycles. The molecule has 2 nitrogen and oxygen atoms in total. The number of aliphatic hydroxyl groups is 1. The van der Waals surface area contributed by atoms with Crippen LogP contribution in [0.15, 0.2) is 18.2 Å². The van der Waals surface area contributed by atoms with Gasteiger partial charge in [-0.2, -0.15) is 0 Å². The van der Waals surface area contributed by atoms with Crippen molar-refractivity contribution in [1.29, 1.82) is 0 Å². The van der Waals surface area contributed by atoms with E-state index in [1.54, 1.807) is 0 Å². The Balaban J connectivity index is 1.74. The van der Waals surface area contributed by atoms with Crippen molar-refractivity contribution >= 4 is 0 Å². The minimum atomic E-state index is -0.261. The maximum absolute atomic E-state index is 9.73. The molecule has 0 saturated carbocycles. The lowest BCUT2D eigenvalue weighted by molar-refractivity contribution is 0.180. The minimum Gasteiger partial charge on any atom is -0.494 e. The zero-order chi connectivity index (χ0) is 12.8. The molecule has 1 atom stereocenters. The van der Waals surface area contributed by atoms with E-state index in [0.717, 1.165) is 37.2 Å². The normalized spacial score (nSPS) is 17.8. The van der Waals surface area contributed by atoms with Crippen molar-refractivity contribution in [3.05, 3.63) is 29.3 Å². The summed E-state index contributed by atoms with van der Waals surface area (Å²) in [5, 5.41) is 9.73. The number of fused-ring (bicyclic) bond motifs is 1. The van der Waals surface area contributed by atoms with Gasteiger partial charge < -0.3 is 9.84 Å². The van der Waals surface area contributed by atoms with E-state index >= 15 is 0 Å². The predicted molar refractivity (Wildman–Crippen MR) is 74.0 cm³/mol. The van der Waals surface area contributed by atoms with Crippen molar-refractivity contribution in [2.24, 2.45) is 0 Å². The maximum atomic E-state index is 9.73. The van der Waals surface area contributed by atoms with Gasteiger partial charge in [-0.1, -0.05) is 38.7 Å². The van der Waals surface area contributed by atoms with E-state index in [-0.39, 0.29) is 6.10 Å².